The molecule has 0 aromatic heterocycles. The molecule has 0 aliphatic carbocycles. The van der Waals surface area contributed by atoms with Gasteiger partial charge < -0.3 is 10.4 Å². The molecule has 0 aliphatic rings. The average molecular weight is 237 g/mol. The van der Waals surface area contributed by atoms with E-state index in [1.165, 1.54) is 6.26 Å². The van der Waals surface area contributed by atoms with Crippen LogP contribution < -0.4 is 5.32 Å². The van der Waals surface area contributed by atoms with Crippen LogP contribution in [0.4, 0.5) is 0 Å². The lowest BCUT2D eigenvalue weighted by atomic mass is 10.0. The predicted octanol–water partition coefficient (Wildman–Crippen LogP) is 0.418. The van der Waals surface area contributed by atoms with E-state index in [1.807, 2.05) is 0 Å². The number of aliphatic hydroxyl groups is 1. The van der Waals surface area contributed by atoms with Gasteiger partial charge in [-0.3, -0.25) is 0 Å². The summed E-state index contributed by atoms with van der Waals surface area (Å²) in [6, 6.07) is 0.0876. The fraction of sp³-hybridized carbons (Fsp3) is 1.00. The zero-order chi connectivity index (χ0) is 11.9. The number of aliphatic hydroxyl groups excluding tert-OH is 1. The Morgan fingerprint density at radius 2 is 1.93 bits per heavy atom. The Labute approximate surface area is 93.0 Å². The van der Waals surface area contributed by atoms with Gasteiger partial charge >= 0.3 is 0 Å². The van der Waals surface area contributed by atoms with Crippen LogP contribution >= 0.6 is 0 Å². The molecular weight excluding hydrogens is 214 g/mol. The molecular formula is C10H23NO3S. The van der Waals surface area contributed by atoms with Gasteiger partial charge in [-0.25, -0.2) is 8.42 Å². The molecule has 0 saturated carbocycles. The molecule has 0 fully saturated rings. The second-order valence-corrected chi connectivity index (χ2v) is 6.71. The van der Waals surface area contributed by atoms with Crippen LogP contribution in [0.1, 0.15) is 26.7 Å². The van der Waals surface area contributed by atoms with Gasteiger partial charge in [-0.05, 0) is 25.3 Å². The largest absolute Gasteiger partial charge is 0.395 e. The molecule has 0 amide bonds. The van der Waals surface area contributed by atoms with Gasteiger partial charge in [0.15, 0.2) is 0 Å². The topological polar surface area (TPSA) is 66.4 Å². The van der Waals surface area contributed by atoms with Gasteiger partial charge in [0.05, 0.1) is 12.4 Å². The van der Waals surface area contributed by atoms with Crippen molar-refractivity contribution in [2.75, 3.05) is 25.2 Å². The molecule has 0 bridgehead atoms. The summed E-state index contributed by atoms with van der Waals surface area (Å²) in [6.07, 6.45) is 2.76. The van der Waals surface area contributed by atoms with Crippen molar-refractivity contribution in [2.45, 2.75) is 32.7 Å². The van der Waals surface area contributed by atoms with Crippen LogP contribution in [0.15, 0.2) is 0 Å². The molecule has 0 rings (SSSR count). The summed E-state index contributed by atoms with van der Waals surface area (Å²) in [7, 11) is -2.85. The Morgan fingerprint density at radius 1 is 1.33 bits per heavy atom. The van der Waals surface area contributed by atoms with Crippen molar-refractivity contribution < 1.29 is 13.5 Å². The number of hydrogen-bond donors (Lipinski definition) is 2. The minimum absolute atomic E-state index is 0.0876. The molecule has 0 heterocycles. The molecule has 5 heteroatoms. The smallest absolute Gasteiger partial charge is 0.147 e. The van der Waals surface area contributed by atoms with Crippen LogP contribution in [0.5, 0.6) is 0 Å². The molecule has 0 aromatic rings. The minimum Gasteiger partial charge on any atom is -0.395 e. The van der Waals surface area contributed by atoms with Gasteiger partial charge in [-0.2, -0.15) is 0 Å². The summed E-state index contributed by atoms with van der Waals surface area (Å²) in [5.41, 5.74) is 0. The average Bonchev–Trinajstić information content (AvgIpc) is 2.08. The van der Waals surface area contributed by atoms with Gasteiger partial charge in [-0.1, -0.05) is 13.8 Å². The first-order valence-electron chi connectivity index (χ1n) is 5.37. The summed E-state index contributed by atoms with van der Waals surface area (Å²) < 4.78 is 21.7. The number of hydrogen-bond acceptors (Lipinski definition) is 4. The summed E-state index contributed by atoms with van der Waals surface area (Å²) in [6.45, 7) is 4.95. The third-order valence-electron chi connectivity index (χ3n) is 2.10. The number of sulfone groups is 1. The second kappa shape index (κ2) is 7.19. The van der Waals surface area contributed by atoms with Gasteiger partial charge in [0, 0.05) is 12.3 Å². The molecule has 0 aromatic carbocycles. The highest BCUT2D eigenvalue weighted by Crippen LogP contribution is 2.03. The Morgan fingerprint density at radius 3 is 2.33 bits per heavy atom. The highest BCUT2D eigenvalue weighted by molar-refractivity contribution is 7.90. The summed E-state index contributed by atoms with van der Waals surface area (Å²) in [4.78, 5) is 0. The Bertz CT molecular complexity index is 249. The zero-order valence-corrected chi connectivity index (χ0v) is 10.7. The third-order valence-corrected chi connectivity index (χ3v) is 3.13. The van der Waals surface area contributed by atoms with E-state index in [0.717, 1.165) is 6.42 Å². The fourth-order valence-corrected chi connectivity index (χ4v) is 2.10. The van der Waals surface area contributed by atoms with Crippen molar-refractivity contribution in [1.82, 2.24) is 5.32 Å². The first-order chi connectivity index (χ1) is 6.85. The van der Waals surface area contributed by atoms with Crippen molar-refractivity contribution in [2.24, 2.45) is 5.92 Å². The lowest BCUT2D eigenvalue weighted by molar-refractivity contribution is 0.225. The van der Waals surface area contributed by atoms with Gasteiger partial charge in [0.2, 0.25) is 0 Å². The Balaban J connectivity index is 3.64. The van der Waals surface area contributed by atoms with Crippen molar-refractivity contribution in [3.63, 3.8) is 0 Å². The lowest BCUT2D eigenvalue weighted by Gasteiger charge is -2.17. The van der Waals surface area contributed by atoms with E-state index < -0.39 is 9.84 Å². The highest BCUT2D eigenvalue weighted by Gasteiger charge is 2.09. The molecule has 0 spiro atoms. The van der Waals surface area contributed by atoms with Crippen molar-refractivity contribution in [3.05, 3.63) is 0 Å². The van der Waals surface area contributed by atoms with Crippen molar-refractivity contribution >= 4 is 9.84 Å². The summed E-state index contributed by atoms with van der Waals surface area (Å²) in [5, 5.41) is 12.2. The van der Waals surface area contributed by atoms with E-state index in [2.05, 4.69) is 19.2 Å². The van der Waals surface area contributed by atoms with Crippen molar-refractivity contribution in [1.29, 1.82) is 0 Å². The van der Waals surface area contributed by atoms with Gasteiger partial charge in [-0.15, -0.1) is 0 Å². The maximum absolute atomic E-state index is 10.8. The van der Waals surface area contributed by atoms with Crippen LogP contribution in [0, 0.1) is 5.92 Å². The van der Waals surface area contributed by atoms with E-state index in [1.54, 1.807) is 0 Å². The van der Waals surface area contributed by atoms with E-state index in [9.17, 15) is 8.42 Å². The van der Waals surface area contributed by atoms with Gasteiger partial charge in [0.1, 0.15) is 9.84 Å². The molecule has 0 radical (unpaired) electrons. The minimum atomic E-state index is -2.85. The Hall–Kier alpha value is -0.130. The molecule has 1 unspecified atom stereocenters. The maximum Gasteiger partial charge on any atom is 0.147 e. The summed E-state index contributed by atoms with van der Waals surface area (Å²) in [5.74, 6) is 0.740. The molecule has 15 heavy (non-hydrogen) atoms. The maximum atomic E-state index is 10.8. The van der Waals surface area contributed by atoms with E-state index in [0.29, 0.717) is 18.9 Å². The first-order valence-corrected chi connectivity index (χ1v) is 7.43. The van der Waals surface area contributed by atoms with E-state index >= 15 is 0 Å². The fourth-order valence-electron chi connectivity index (χ4n) is 1.43. The van der Waals surface area contributed by atoms with Gasteiger partial charge in [0.25, 0.3) is 0 Å². The Kier molecular flexibility index (Phi) is 7.13. The summed E-state index contributed by atoms with van der Waals surface area (Å²) >= 11 is 0. The van der Waals surface area contributed by atoms with Crippen LogP contribution in [0.25, 0.3) is 0 Å². The number of rotatable bonds is 8. The zero-order valence-electron chi connectivity index (χ0n) is 9.86. The van der Waals surface area contributed by atoms with Crippen LogP contribution in [0.3, 0.4) is 0 Å². The van der Waals surface area contributed by atoms with Crippen LogP contribution in [0.2, 0.25) is 0 Å². The molecule has 2 N–H and O–H groups in total. The highest BCUT2D eigenvalue weighted by atomic mass is 32.2. The normalized spacial score (nSPS) is 14.5. The lowest BCUT2D eigenvalue weighted by Crippen LogP contribution is -2.35. The standard InChI is InChI=1S/C10H23NO3S/c1-9(2)7-10(8-12)11-5-4-6-15(3,13)14/h9-12H,4-8H2,1-3H3. The van der Waals surface area contributed by atoms with E-state index in [4.69, 9.17) is 5.11 Å². The molecule has 4 nitrogen and oxygen atoms in total. The number of nitrogens with one attached hydrogen (secondary N) is 1. The molecule has 0 saturated heterocycles. The SMILES string of the molecule is CC(C)CC(CO)NCCCS(C)(=O)=O. The molecule has 0 aliphatic heterocycles. The van der Waals surface area contributed by atoms with Crippen LogP contribution in [-0.4, -0.2) is 44.7 Å². The quantitative estimate of drug-likeness (QED) is 0.600. The van der Waals surface area contributed by atoms with Crippen LogP contribution in [-0.2, 0) is 9.84 Å². The first kappa shape index (κ1) is 14.9. The molecule has 92 valence electrons. The van der Waals surface area contributed by atoms with E-state index in [-0.39, 0.29) is 18.4 Å². The predicted molar refractivity (Wildman–Crippen MR) is 62.7 cm³/mol. The second-order valence-electron chi connectivity index (χ2n) is 4.45. The van der Waals surface area contributed by atoms with Crippen molar-refractivity contribution in [3.8, 4) is 0 Å². The monoisotopic (exact) mass is 237 g/mol. The third kappa shape index (κ3) is 10.2. The molecule has 1 atom stereocenters.